The van der Waals surface area contributed by atoms with E-state index in [1.165, 1.54) is 0 Å². The average Bonchev–Trinajstić information content (AvgIpc) is 2.84. The Kier molecular flexibility index (Phi) is 4.74. The lowest BCUT2D eigenvalue weighted by atomic mass is 10.3. The van der Waals surface area contributed by atoms with Crippen LogP contribution in [-0.2, 0) is 16.4 Å². The number of anilines is 1. The standard InChI is InChI=1S/C13H17N3O2S2/c1-10-9-19-13(16-10)7-8-15-20(17,18)12-5-3-11(14-2)4-6-12/h3-6,9,14-15H,7-8H2,1-2H3. The smallest absolute Gasteiger partial charge is 0.240 e. The second-order valence-corrected chi connectivity index (χ2v) is 7.01. The van der Waals surface area contributed by atoms with Crippen molar-refractivity contribution in [3.63, 3.8) is 0 Å². The monoisotopic (exact) mass is 311 g/mol. The number of nitrogens with zero attached hydrogens (tertiary/aromatic N) is 1. The minimum Gasteiger partial charge on any atom is -0.388 e. The first kappa shape index (κ1) is 15.0. The molecule has 1 aromatic heterocycles. The van der Waals surface area contributed by atoms with E-state index >= 15 is 0 Å². The van der Waals surface area contributed by atoms with E-state index < -0.39 is 10.0 Å². The first-order chi connectivity index (χ1) is 9.51. The van der Waals surface area contributed by atoms with E-state index in [1.54, 1.807) is 42.6 Å². The number of hydrogen-bond donors (Lipinski definition) is 2. The maximum Gasteiger partial charge on any atom is 0.240 e. The van der Waals surface area contributed by atoms with Crippen molar-refractivity contribution in [1.29, 1.82) is 0 Å². The third kappa shape index (κ3) is 3.78. The van der Waals surface area contributed by atoms with E-state index in [1.807, 2.05) is 12.3 Å². The first-order valence-electron chi connectivity index (χ1n) is 6.20. The quantitative estimate of drug-likeness (QED) is 0.856. The number of aromatic nitrogens is 1. The first-order valence-corrected chi connectivity index (χ1v) is 8.56. The van der Waals surface area contributed by atoms with Crippen molar-refractivity contribution in [3.8, 4) is 0 Å². The van der Waals surface area contributed by atoms with Gasteiger partial charge in [-0.2, -0.15) is 0 Å². The molecule has 0 atom stereocenters. The van der Waals surface area contributed by atoms with Crippen LogP contribution in [0.15, 0.2) is 34.5 Å². The summed E-state index contributed by atoms with van der Waals surface area (Å²) in [4.78, 5) is 4.57. The predicted octanol–water partition coefficient (Wildman–Crippen LogP) is 2.01. The van der Waals surface area contributed by atoms with Crippen LogP contribution in [0.3, 0.4) is 0 Å². The van der Waals surface area contributed by atoms with E-state index in [2.05, 4.69) is 15.0 Å². The van der Waals surface area contributed by atoms with Gasteiger partial charge in [-0.25, -0.2) is 18.1 Å². The van der Waals surface area contributed by atoms with Crippen molar-refractivity contribution < 1.29 is 8.42 Å². The molecule has 1 aromatic carbocycles. The molecular weight excluding hydrogens is 294 g/mol. The Balaban J connectivity index is 1.96. The SMILES string of the molecule is CNc1ccc(S(=O)(=O)NCCc2nc(C)cs2)cc1. The van der Waals surface area contributed by atoms with Gasteiger partial charge < -0.3 is 5.32 Å². The van der Waals surface area contributed by atoms with E-state index in [4.69, 9.17) is 0 Å². The lowest BCUT2D eigenvalue weighted by molar-refractivity contribution is 0.581. The van der Waals surface area contributed by atoms with E-state index in [9.17, 15) is 8.42 Å². The number of nitrogens with one attached hydrogen (secondary N) is 2. The summed E-state index contributed by atoms with van der Waals surface area (Å²) in [6.07, 6.45) is 0.604. The van der Waals surface area contributed by atoms with Gasteiger partial charge in [0.2, 0.25) is 10.0 Å². The number of aryl methyl sites for hydroxylation is 1. The Labute approximate surface area is 123 Å². The minimum absolute atomic E-state index is 0.270. The maximum absolute atomic E-state index is 12.1. The third-order valence-corrected chi connectivity index (χ3v) is 5.25. The molecule has 108 valence electrons. The molecule has 20 heavy (non-hydrogen) atoms. The zero-order valence-corrected chi connectivity index (χ0v) is 13.0. The Morgan fingerprint density at radius 1 is 1.25 bits per heavy atom. The molecule has 7 heteroatoms. The molecular formula is C13H17N3O2S2. The van der Waals surface area contributed by atoms with Gasteiger partial charge >= 0.3 is 0 Å². The topological polar surface area (TPSA) is 71.1 Å². The van der Waals surface area contributed by atoms with Crippen LogP contribution in [0.4, 0.5) is 5.69 Å². The summed E-state index contributed by atoms with van der Waals surface area (Å²) in [6, 6.07) is 6.64. The highest BCUT2D eigenvalue weighted by Crippen LogP contribution is 2.14. The molecule has 0 fully saturated rings. The molecule has 1 heterocycles. The lowest BCUT2D eigenvalue weighted by Gasteiger charge is -2.07. The van der Waals surface area contributed by atoms with Gasteiger partial charge in [-0.05, 0) is 31.2 Å². The van der Waals surface area contributed by atoms with Crippen LogP contribution >= 0.6 is 11.3 Å². The van der Waals surface area contributed by atoms with Crippen molar-refractivity contribution in [2.24, 2.45) is 0 Å². The number of sulfonamides is 1. The maximum atomic E-state index is 12.1. The van der Waals surface area contributed by atoms with Crippen molar-refractivity contribution >= 4 is 27.0 Å². The minimum atomic E-state index is -3.45. The van der Waals surface area contributed by atoms with Crippen LogP contribution in [0.1, 0.15) is 10.7 Å². The Morgan fingerprint density at radius 2 is 1.95 bits per heavy atom. The molecule has 0 radical (unpaired) electrons. The lowest BCUT2D eigenvalue weighted by Crippen LogP contribution is -2.25. The summed E-state index contributed by atoms with van der Waals surface area (Å²) in [5, 5.41) is 5.85. The van der Waals surface area contributed by atoms with Crippen molar-refractivity contribution in [2.45, 2.75) is 18.2 Å². The molecule has 0 aliphatic heterocycles. The normalized spacial score (nSPS) is 11.5. The summed E-state index contributed by atoms with van der Waals surface area (Å²) in [7, 11) is -1.66. The summed E-state index contributed by atoms with van der Waals surface area (Å²) in [6.45, 7) is 2.27. The van der Waals surface area contributed by atoms with E-state index in [-0.39, 0.29) is 4.90 Å². The molecule has 2 rings (SSSR count). The van der Waals surface area contributed by atoms with E-state index in [0.717, 1.165) is 16.4 Å². The van der Waals surface area contributed by atoms with Gasteiger partial charge in [-0.3, -0.25) is 0 Å². The summed E-state index contributed by atoms with van der Waals surface area (Å²) in [5.74, 6) is 0. The van der Waals surface area contributed by atoms with Crippen molar-refractivity contribution in [3.05, 3.63) is 40.3 Å². The predicted molar refractivity (Wildman–Crippen MR) is 81.7 cm³/mol. The van der Waals surface area contributed by atoms with Crippen LogP contribution < -0.4 is 10.0 Å². The number of rotatable bonds is 6. The van der Waals surface area contributed by atoms with Crippen molar-refractivity contribution in [1.82, 2.24) is 9.71 Å². The highest BCUT2D eigenvalue weighted by atomic mass is 32.2. The molecule has 0 aliphatic rings. The second kappa shape index (κ2) is 6.34. The number of benzene rings is 1. The zero-order valence-electron chi connectivity index (χ0n) is 11.4. The van der Waals surface area contributed by atoms with Gasteiger partial charge in [-0.1, -0.05) is 0 Å². The fourth-order valence-corrected chi connectivity index (χ4v) is 3.50. The number of hydrogen-bond acceptors (Lipinski definition) is 5. The van der Waals surface area contributed by atoms with Gasteiger partial charge in [0, 0.05) is 36.8 Å². The molecule has 0 saturated heterocycles. The van der Waals surface area contributed by atoms with Crippen molar-refractivity contribution in [2.75, 3.05) is 18.9 Å². The van der Waals surface area contributed by atoms with Crippen LogP contribution in [0.2, 0.25) is 0 Å². The largest absolute Gasteiger partial charge is 0.388 e. The Hall–Kier alpha value is -1.44. The van der Waals surface area contributed by atoms with Gasteiger partial charge in [-0.15, -0.1) is 11.3 Å². The van der Waals surface area contributed by atoms with Gasteiger partial charge in [0.1, 0.15) is 0 Å². The van der Waals surface area contributed by atoms with Gasteiger partial charge in [0.05, 0.1) is 9.90 Å². The van der Waals surface area contributed by atoms with Crippen LogP contribution in [-0.4, -0.2) is 27.0 Å². The summed E-state index contributed by atoms with van der Waals surface area (Å²) >= 11 is 1.55. The third-order valence-electron chi connectivity index (χ3n) is 2.75. The zero-order chi connectivity index (χ0) is 14.6. The highest BCUT2D eigenvalue weighted by Gasteiger charge is 2.13. The highest BCUT2D eigenvalue weighted by molar-refractivity contribution is 7.89. The fraction of sp³-hybridized carbons (Fsp3) is 0.308. The molecule has 0 bridgehead atoms. The molecule has 0 spiro atoms. The van der Waals surface area contributed by atoms with Crippen LogP contribution in [0, 0.1) is 6.92 Å². The Morgan fingerprint density at radius 3 is 2.50 bits per heavy atom. The molecule has 0 unspecified atom stereocenters. The van der Waals surface area contributed by atoms with E-state index in [0.29, 0.717) is 13.0 Å². The number of thiazole rings is 1. The molecule has 5 nitrogen and oxygen atoms in total. The second-order valence-electron chi connectivity index (χ2n) is 4.30. The summed E-state index contributed by atoms with van der Waals surface area (Å²) < 4.78 is 26.7. The van der Waals surface area contributed by atoms with Gasteiger partial charge in [0.25, 0.3) is 0 Å². The summed E-state index contributed by atoms with van der Waals surface area (Å²) in [5.41, 5.74) is 1.85. The fourth-order valence-electron chi connectivity index (χ4n) is 1.69. The molecule has 2 N–H and O–H groups in total. The molecule has 2 aromatic rings. The van der Waals surface area contributed by atoms with Crippen LogP contribution in [0.5, 0.6) is 0 Å². The molecule has 0 aliphatic carbocycles. The van der Waals surface area contributed by atoms with Gasteiger partial charge in [0.15, 0.2) is 0 Å². The molecule has 0 saturated carbocycles. The Bertz CT molecular complexity index is 663. The average molecular weight is 311 g/mol. The molecule has 0 amide bonds. The van der Waals surface area contributed by atoms with Crippen LogP contribution in [0.25, 0.3) is 0 Å².